The molecule has 0 atom stereocenters. The van der Waals surface area contributed by atoms with Gasteiger partial charge in [-0.2, -0.15) is 0 Å². The molecule has 2 nitrogen and oxygen atoms in total. The predicted molar refractivity (Wildman–Crippen MR) is 139 cm³/mol. The summed E-state index contributed by atoms with van der Waals surface area (Å²) >= 11 is 17.9. The van der Waals surface area contributed by atoms with Gasteiger partial charge in [0.15, 0.2) is 0 Å². The average Bonchev–Trinajstić information content (AvgIpc) is 2.71. The van der Waals surface area contributed by atoms with Crippen molar-refractivity contribution in [2.75, 3.05) is 13.2 Å². The zero-order valence-electron chi connectivity index (χ0n) is 16.4. The third-order valence-corrected chi connectivity index (χ3v) is 10.1. The lowest BCUT2D eigenvalue weighted by atomic mass is 10.0. The monoisotopic (exact) mass is 716 g/mol. The quantitative estimate of drug-likeness (QED) is 0.161. The standard InChI is InChI=1S/C22H25Br5O2/c1-2-3-4-5-6-7-8-15-9-11-17(21(26)19(15)24)28-13-14-29-18-12-10-16(23)20(25)22(18)27/h9-12H,2-8,13-14H2,1H3. The first kappa shape index (κ1) is 25.7. The second kappa shape index (κ2) is 13.8. The van der Waals surface area contributed by atoms with Crippen LogP contribution in [0, 0.1) is 0 Å². The van der Waals surface area contributed by atoms with Gasteiger partial charge in [0, 0.05) is 13.4 Å². The summed E-state index contributed by atoms with van der Waals surface area (Å²) in [5, 5.41) is 0. The van der Waals surface area contributed by atoms with Crippen LogP contribution in [0.4, 0.5) is 0 Å². The van der Waals surface area contributed by atoms with Gasteiger partial charge < -0.3 is 9.47 Å². The Bertz CT molecular complexity index is 795. The van der Waals surface area contributed by atoms with Crippen LogP contribution in [0.2, 0.25) is 0 Å². The van der Waals surface area contributed by atoms with Gasteiger partial charge in [-0.05, 0) is 116 Å². The molecule has 0 aliphatic carbocycles. The van der Waals surface area contributed by atoms with E-state index in [1.807, 2.05) is 18.2 Å². The molecule has 0 spiro atoms. The maximum Gasteiger partial charge on any atom is 0.134 e. The molecule has 0 saturated heterocycles. The van der Waals surface area contributed by atoms with Crippen molar-refractivity contribution in [3.63, 3.8) is 0 Å². The van der Waals surface area contributed by atoms with Crippen molar-refractivity contribution in [1.82, 2.24) is 0 Å². The van der Waals surface area contributed by atoms with Crippen LogP contribution in [0.3, 0.4) is 0 Å². The highest BCUT2D eigenvalue weighted by atomic mass is 79.9. The van der Waals surface area contributed by atoms with Crippen molar-refractivity contribution in [1.29, 1.82) is 0 Å². The lowest BCUT2D eigenvalue weighted by Gasteiger charge is -2.14. The summed E-state index contributed by atoms with van der Waals surface area (Å²) in [6, 6.07) is 8.05. The highest BCUT2D eigenvalue weighted by Crippen LogP contribution is 2.38. The van der Waals surface area contributed by atoms with Crippen LogP contribution in [0.5, 0.6) is 11.5 Å². The van der Waals surface area contributed by atoms with Crippen molar-refractivity contribution < 1.29 is 9.47 Å². The minimum absolute atomic E-state index is 0.455. The third kappa shape index (κ3) is 8.13. The SMILES string of the molecule is CCCCCCCCc1ccc(OCCOc2ccc(Br)c(Br)c2Br)c(Br)c1Br. The van der Waals surface area contributed by atoms with Crippen LogP contribution in [0.1, 0.15) is 51.0 Å². The molecule has 2 rings (SSSR count). The highest BCUT2D eigenvalue weighted by Gasteiger charge is 2.11. The Morgan fingerprint density at radius 1 is 0.621 bits per heavy atom. The molecule has 7 heteroatoms. The van der Waals surface area contributed by atoms with Gasteiger partial charge in [-0.3, -0.25) is 0 Å². The van der Waals surface area contributed by atoms with Crippen LogP contribution >= 0.6 is 79.6 Å². The molecule has 2 aromatic carbocycles. The summed E-state index contributed by atoms with van der Waals surface area (Å²) in [5.41, 5.74) is 1.32. The van der Waals surface area contributed by atoms with E-state index in [4.69, 9.17) is 9.47 Å². The predicted octanol–water partition coefficient (Wildman–Crippen LogP) is 9.86. The molecule has 0 radical (unpaired) electrons. The molecule has 160 valence electrons. The maximum atomic E-state index is 5.92. The van der Waals surface area contributed by atoms with Crippen molar-refractivity contribution in [2.45, 2.75) is 51.9 Å². The molecule has 0 fully saturated rings. The number of unbranched alkanes of at least 4 members (excludes halogenated alkanes) is 5. The second-order valence-corrected chi connectivity index (χ2v) is 10.8. The first-order valence-electron chi connectivity index (χ1n) is 9.81. The molecule has 2 aromatic rings. The van der Waals surface area contributed by atoms with E-state index in [1.54, 1.807) is 0 Å². The molecule has 0 heterocycles. The van der Waals surface area contributed by atoms with Crippen molar-refractivity contribution >= 4 is 79.6 Å². The number of rotatable bonds is 12. The van der Waals surface area contributed by atoms with E-state index in [0.29, 0.717) is 13.2 Å². The molecular formula is C22H25Br5O2. The zero-order valence-corrected chi connectivity index (χ0v) is 24.3. The number of aryl methyl sites for hydroxylation is 1. The molecule has 0 aliphatic rings. The van der Waals surface area contributed by atoms with Gasteiger partial charge in [0.2, 0.25) is 0 Å². The van der Waals surface area contributed by atoms with Gasteiger partial charge >= 0.3 is 0 Å². The first-order chi connectivity index (χ1) is 14.0. The Morgan fingerprint density at radius 2 is 1.17 bits per heavy atom. The van der Waals surface area contributed by atoms with E-state index in [2.05, 4.69) is 92.6 Å². The van der Waals surface area contributed by atoms with Crippen LogP contribution in [-0.2, 0) is 6.42 Å². The molecule has 29 heavy (non-hydrogen) atoms. The number of benzene rings is 2. The fourth-order valence-corrected chi connectivity index (χ4v) is 5.31. The maximum absolute atomic E-state index is 5.92. The first-order valence-corrected chi connectivity index (χ1v) is 13.8. The third-order valence-electron chi connectivity index (χ3n) is 4.52. The van der Waals surface area contributed by atoms with Gasteiger partial charge in [-0.1, -0.05) is 45.1 Å². The largest absolute Gasteiger partial charge is 0.489 e. The van der Waals surface area contributed by atoms with Crippen molar-refractivity contribution in [3.8, 4) is 11.5 Å². The zero-order chi connectivity index (χ0) is 21.2. The summed E-state index contributed by atoms with van der Waals surface area (Å²) in [6.45, 7) is 3.17. The van der Waals surface area contributed by atoms with Crippen LogP contribution in [0.15, 0.2) is 46.6 Å². The summed E-state index contributed by atoms with van der Waals surface area (Å²) in [6.07, 6.45) is 8.93. The highest BCUT2D eigenvalue weighted by molar-refractivity contribution is 9.14. The Morgan fingerprint density at radius 3 is 1.83 bits per heavy atom. The van der Waals surface area contributed by atoms with E-state index in [9.17, 15) is 0 Å². The van der Waals surface area contributed by atoms with Crippen molar-refractivity contribution in [2.24, 2.45) is 0 Å². The van der Waals surface area contributed by atoms with Crippen LogP contribution in [0.25, 0.3) is 0 Å². The summed E-state index contributed by atoms with van der Waals surface area (Å²) in [7, 11) is 0. The lowest BCUT2D eigenvalue weighted by Crippen LogP contribution is -2.10. The molecular weight excluding hydrogens is 696 g/mol. The Hall–Kier alpha value is 0.440. The topological polar surface area (TPSA) is 18.5 Å². The Kier molecular flexibility index (Phi) is 12.2. The smallest absolute Gasteiger partial charge is 0.134 e. The number of ether oxygens (including phenoxy) is 2. The number of hydrogen-bond acceptors (Lipinski definition) is 2. The lowest BCUT2D eigenvalue weighted by molar-refractivity contribution is 0.215. The van der Waals surface area contributed by atoms with E-state index in [0.717, 1.165) is 40.3 Å². The van der Waals surface area contributed by atoms with Gasteiger partial charge in [0.25, 0.3) is 0 Å². The summed E-state index contributed by atoms with van der Waals surface area (Å²) in [5.74, 6) is 1.60. The Labute approximate surface area is 216 Å². The van der Waals surface area contributed by atoms with Gasteiger partial charge in [-0.15, -0.1) is 0 Å². The molecule has 0 N–H and O–H groups in total. The summed E-state index contributed by atoms with van der Waals surface area (Å²) in [4.78, 5) is 0. The minimum Gasteiger partial charge on any atom is -0.489 e. The van der Waals surface area contributed by atoms with Gasteiger partial charge in [0.1, 0.15) is 24.7 Å². The van der Waals surface area contributed by atoms with E-state index in [1.165, 1.54) is 44.1 Å². The van der Waals surface area contributed by atoms with Crippen LogP contribution in [-0.4, -0.2) is 13.2 Å². The van der Waals surface area contributed by atoms with E-state index in [-0.39, 0.29) is 0 Å². The molecule has 0 saturated carbocycles. The van der Waals surface area contributed by atoms with Crippen molar-refractivity contribution in [3.05, 3.63) is 52.2 Å². The van der Waals surface area contributed by atoms with Crippen LogP contribution < -0.4 is 9.47 Å². The minimum atomic E-state index is 0.455. The molecule has 0 aliphatic heterocycles. The number of halogens is 5. The molecule has 0 aromatic heterocycles. The fraction of sp³-hybridized carbons (Fsp3) is 0.455. The molecule has 0 unspecified atom stereocenters. The van der Waals surface area contributed by atoms with E-state index < -0.39 is 0 Å². The summed E-state index contributed by atoms with van der Waals surface area (Å²) < 4.78 is 16.6. The van der Waals surface area contributed by atoms with E-state index >= 15 is 0 Å². The second-order valence-electron chi connectivity index (χ2n) is 6.74. The Balaban J connectivity index is 1.81. The van der Waals surface area contributed by atoms with Gasteiger partial charge in [-0.25, -0.2) is 0 Å². The molecule has 0 bridgehead atoms. The average molecular weight is 721 g/mol. The normalized spacial score (nSPS) is 11.0. The molecule has 0 amide bonds. The fourth-order valence-electron chi connectivity index (χ4n) is 2.89. The van der Waals surface area contributed by atoms with Gasteiger partial charge in [0.05, 0.1) is 8.95 Å². The number of hydrogen-bond donors (Lipinski definition) is 0.